The van der Waals surface area contributed by atoms with Gasteiger partial charge in [-0.15, -0.1) is 0 Å². The SMILES string of the molecule is O=C1C2CC=C3C(CC4C(=O)N(Nc5ncc(C(F)(F)F)cc5Cl)C(=O)C4(c4ccc(Cl)cc4)C3c3cccc(F)c3O)C2C(=O)N1O. The predicted octanol–water partition coefficient (Wildman–Crippen LogP) is 5.63. The number of phenols is 1. The molecule has 48 heavy (non-hydrogen) atoms. The van der Waals surface area contributed by atoms with Gasteiger partial charge < -0.3 is 5.11 Å². The number of allylic oxidation sites excluding steroid dienone is 2. The van der Waals surface area contributed by atoms with Crippen LogP contribution in [0.2, 0.25) is 10.0 Å². The monoisotopic (exact) mass is 704 g/mol. The Morgan fingerprint density at radius 1 is 0.979 bits per heavy atom. The van der Waals surface area contributed by atoms with E-state index >= 15 is 4.39 Å². The van der Waals surface area contributed by atoms with Crippen molar-refractivity contribution in [2.45, 2.75) is 30.4 Å². The third kappa shape index (κ3) is 4.46. The molecule has 4 amide bonds. The summed E-state index contributed by atoms with van der Waals surface area (Å²) in [6, 6.07) is 10.1. The van der Waals surface area contributed by atoms with E-state index in [4.69, 9.17) is 23.2 Å². The van der Waals surface area contributed by atoms with Gasteiger partial charge in [0.1, 0.15) is 0 Å². The second kappa shape index (κ2) is 11.0. The number of imide groups is 2. The van der Waals surface area contributed by atoms with Crippen LogP contribution in [0.25, 0.3) is 0 Å². The number of halogens is 6. The van der Waals surface area contributed by atoms with Crippen molar-refractivity contribution in [1.82, 2.24) is 15.1 Å². The first-order chi connectivity index (χ1) is 22.7. The van der Waals surface area contributed by atoms with Crippen molar-refractivity contribution >= 4 is 52.6 Å². The maximum absolute atomic E-state index is 15.1. The Bertz CT molecular complexity index is 1960. The van der Waals surface area contributed by atoms with Crippen LogP contribution in [0.5, 0.6) is 5.75 Å². The van der Waals surface area contributed by atoms with Crippen LogP contribution in [0.15, 0.2) is 66.4 Å². The summed E-state index contributed by atoms with van der Waals surface area (Å²) in [5.74, 6) is -11.6. The Balaban J connectivity index is 1.46. The van der Waals surface area contributed by atoms with Crippen molar-refractivity contribution in [3.05, 3.63) is 98.9 Å². The number of nitrogens with one attached hydrogen (secondary N) is 1. The molecule has 3 aromatic rings. The number of benzene rings is 2. The predicted molar refractivity (Wildman–Crippen MR) is 159 cm³/mol. The number of hydrogen-bond acceptors (Lipinski definition) is 8. The number of carbonyl (C=O) groups excluding carboxylic acids is 4. The van der Waals surface area contributed by atoms with E-state index in [1.54, 1.807) is 6.08 Å². The van der Waals surface area contributed by atoms with Crippen LogP contribution < -0.4 is 5.43 Å². The van der Waals surface area contributed by atoms with Gasteiger partial charge in [0.2, 0.25) is 0 Å². The molecule has 10 nitrogen and oxygen atoms in total. The van der Waals surface area contributed by atoms with Crippen molar-refractivity contribution in [2.24, 2.45) is 23.7 Å². The normalized spacial score (nSPS) is 28.3. The molecule has 1 aromatic heterocycles. The summed E-state index contributed by atoms with van der Waals surface area (Å²) in [6.07, 6.45) is -2.96. The van der Waals surface area contributed by atoms with E-state index in [-0.39, 0.29) is 34.1 Å². The van der Waals surface area contributed by atoms with E-state index in [0.717, 1.165) is 6.07 Å². The fourth-order valence-corrected chi connectivity index (χ4v) is 8.21. The summed E-state index contributed by atoms with van der Waals surface area (Å²) in [5.41, 5.74) is -0.191. The lowest BCUT2D eigenvalue weighted by atomic mass is 9.49. The standard InChI is InChI=1S/C32H22Cl2F4N4O6/c33-15-6-4-13(5-7-15)31-20(28(45)41(30(31)47)40-26-21(34)10-14(12-39-26)32(36,37)38)11-19-16(24(31)18-2-1-3-22(35)25(18)43)8-9-17-23(19)29(46)42(48)27(17)44/h1-8,10,12,17,19-20,23-24,43,48H,9,11H2,(H,39,40). The van der Waals surface area contributed by atoms with Crippen molar-refractivity contribution in [1.29, 1.82) is 0 Å². The maximum atomic E-state index is 15.1. The number of para-hydroxylation sites is 1. The lowest BCUT2D eigenvalue weighted by Crippen LogP contribution is -2.53. The number of fused-ring (bicyclic) bond motifs is 4. The Kier molecular flexibility index (Phi) is 7.34. The molecule has 3 fully saturated rings. The number of hydroxylamine groups is 2. The number of rotatable bonds is 4. The largest absolute Gasteiger partial charge is 0.505 e. The highest BCUT2D eigenvalue weighted by Crippen LogP contribution is 2.65. The summed E-state index contributed by atoms with van der Waals surface area (Å²) in [5, 5.41) is 21.7. The van der Waals surface area contributed by atoms with Crippen LogP contribution in [0, 0.1) is 29.5 Å². The zero-order chi connectivity index (χ0) is 34.4. The molecule has 7 rings (SSSR count). The molecule has 2 saturated heterocycles. The van der Waals surface area contributed by atoms with Crippen molar-refractivity contribution in [3.8, 4) is 5.75 Å². The van der Waals surface area contributed by atoms with E-state index in [9.17, 15) is 42.7 Å². The van der Waals surface area contributed by atoms with Crippen LogP contribution >= 0.6 is 23.2 Å². The molecule has 4 aliphatic rings. The first-order valence-electron chi connectivity index (χ1n) is 14.6. The summed E-state index contributed by atoms with van der Waals surface area (Å²) in [7, 11) is 0. The zero-order valence-electron chi connectivity index (χ0n) is 24.2. The van der Waals surface area contributed by atoms with Crippen LogP contribution in [0.1, 0.15) is 35.4 Å². The van der Waals surface area contributed by atoms with Gasteiger partial charge in [-0.25, -0.2) is 9.37 Å². The van der Waals surface area contributed by atoms with E-state index in [1.807, 2.05) is 0 Å². The van der Waals surface area contributed by atoms with Crippen LogP contribution in [-0.4, -0.2) is 49.0 Å². The smallest absolute Gasteiger partial charge is 0.417 e. The molecule has 1 saturated carbocycles. The van der Waals surface area contributed by atoms with E-state index < -0.39 is 92.8 Å². The molecule has 0 radical (unpaired) electrons. The summed E-state index contributed by atoms with van der Waals surface area (Å²) < 4.78 is 55.0. The van der Waals surface area contributed by atoms with E-state index in [2.05, 4.69) is 10.4 Å². The van der Waals surface area contributed by atoms with Crippen molar-refractivity contribution in [3.63, 3.8) is 0 Å². The first kappa shape index (κ1) is 32.0. The Morgan fingerprint density at radius 2 is 1.69 bits per heavy atom. The van der Waals surface area contributed by atoms with Gasteiger partial charge in [0.25, 0.3) is 23.6 Å². The Labute approximate surface area is 278 Å². The molecule has 3 N–H and O–H groups in total. The van der Waals surface area contributed by atoms with Crippen LogP contribution in [0.4, 0.5) is 23.4 Å². The summed E-state index contributed by atoms with van der Waals surface area (Å²) in [4.78, 5) is 59.1. The number of hydrogen-bond donors (Lipinski definition) is 3. The van der Waals surface area contributed by atoms with Gasteiger partial charge in [-0.05, 0) is 48.6 Å². The fraction of sp³-hybridized carbons (Fsp3) is 0.281. The molecule has 0 spiro atoms. The van der Waals surface area contributed by atoms with Gasteiger partial charge >= 0.3 is 6.18 Å². The lowest BCUT2D eigenvalue weighted by Gasteiger charge is -2.50. The topological polar surface area (TPSA) is 140 Å². The Morgan fingerprint density at radius 3 is 2.35 bits per heavy atom. The number of carbonyl (C=O) groups is 4. The third-order valence-corrected chi connectivity index (χ3v) is 10.4. The molecule has 0 bridgehead atoms. The molecule has 6 unspecified atom stereocenters. The van der Waals surface area contributed by atoms with Gasteiger partial charge in [0, 0.05) is 22.7 Å². The number of aromatic hydroxyl groups is 1. The molecule has 3 heterocycles. The molecule has 2 aromatic carbocycles. The quantitative estimate of drug-likeness (QED) is 0.138. The molecular weight excluding hydrogens is 683 g/mol. The fourth-order valence-electron chi connectivity index (χ4n) is 7.88. The van der Waals surface area contributed by atoms with E-state index in [0.29, 0.717) is 22.8 Å². The number of aromatic nitrogens is 1. The number of hydrazine groups is 1. The van der Waals surface area contributed by atoms with Gasteiger partial charge in [0.15, 0.2) is 17.4 Å². The number of amides is 4. The molecule has 2 aliphatic heterocycles. The van der Waals surface area contributed by atoms with Gasteiger partial charge in [0.05, 0.1) is 33.8 Å². The van der Waals surface area contributed by atoms with Crippen LogP contribution in [-0.2, 0) is 30.8 Å². The number of nitrogens with zero attached hydrogens (tertiary/aromatic N) is 3. The van der Waals surface area contributed by atoms with Gasteiger partial charge in [-0.3, -0.25) is 29.8 Å². The average Bonchev–Trinajstić information content (AvgIpc) is 3.39. The average molecular weight is 705 g/mol. The highest BCUT2D eigenvalue weighted by Gasteiger charge is 2.70. The van der Waals surface area contributed by atoms with Crippen LogP contribution in [0.3, 0.4) is 0 Å². The third-order valence-electron chi connectivity index (χ3n) is 9.86. The van der Waals surface area contributed by atoms with E-state index in [1.165, 1.54) is 36.4 Å². The minimum absolute atomic E-state index is 0.0373. The van der Waals surface area contributed by atoms with Gasteiger partial charge in [-0.2, -0.15) is 23.2 Å². The van der Waals surface area contributed by atoms with Gasteiger partial charge in [-0.1, -0.05) is 59.1 Å². The molecule has 16 heteroatoms. The van der Waals surface area contributed by atoms with Crippen molar-refractivity contribution < 1.29 is 47.1 Å². The maximum Gasteiger partial charge on any atom is 0.417 e. The number of alkyl halides is 3. The number of pyridine rings is 1. The first-order valence-corrected chi connectivity index (χ1v) is 15.3. The molecular formula is C32H22Cl2F4N4O6. The molecule has 248 valence electrons. The Hall–Kier alpha value is -4.53. The lowest BCUT2D eigenvalue weighted by molar-refractivity contribution is -0.173. The second-order valence-corrected chi connectivity index (χ2v) is 12.9. The molecule has 2 aliphatic carbocycles. The number of anilines is 1. The highest BCUT2D eigenvalue weighted by atomic mass is 35.5. The highest BCUT2D eigenvalue weighted by molar-refractivity contribution is 6.33. The summed E-state index contributed by atoms with van der Waals surface area (Å²) >= 11 is 12.3. The summed E-state index contributed by atoms with van der Waals surface area (Å²) in [6.45, 7) is 0. The minimum Gasteiger partial charge on any atom is -0.505 e. The molecule has 6 atom stereocenters. The van der Waals surface area contributed by atoms with Crippen molar-refractivity contribution in [2.75, 3.05) is 5.43 Å². The zero-order valence-corrected chi connectivity index (χ0v) is 25.7. The minimum atomic E-state index is -4.78. The second-order valence-electron chi connectivity index (χ2n) is 12.1. The number of phenolic OH excluding ortho intramolecular Hbond substituents is 1.